The zero-order valence-electron chi connectivity index (χ0n) is 16.3. The van der Waals surface area contributed by atoms with E-state index in [2.05, 4.69) is 31.0 Å². The number of amides is 1. The van der Waals surface area contributed by atoms with Crippen LogP contribution in [0.15, 0.2) is 36.5 Å². The molecule has 3 aromatic rings. The normalized spacial score (nSPS) is 10.4. The minimum absolute atomic E-state index is 0.285. The highest BCUT2D eigenvalue weighted by molar-refractivity contribution is 6.05. The van der Waals surface area contributed by atoms with Crippen molar-refractivity contribution in [3.8, 4) is 5.88 Å². The van der Waals surface area contributed by atoms with Crippen molar-refractivity contribution in [1.82, 2.24) is 19.7 Å². The summed E-state index contributed by atoms with van der Waals surface area (Å²) in [5.41, 5.74) is 2.74. The first-order valence-electron chi connectivity index (χ1n) is 8.84. The fourth-order valence-corrected chi connectivity index (χ4v) is 2.63. The molecule has 0 saturated carbocycles. The Morgan fingerprint density at radius 3 is 2.57 bits per heavy atom. The Bertz CT molecular complexity index is 967. The van der Waals surface area contributed by atoms with E-state index in [1.165, 1.54) is 11.8 Å². The Morgan fingerprint density at radius 2 is 1.89 bits per heavy atom. The number of carbonyl (C=O) groups excluding carboxylic acids is 1. The topological polar surface area (TPSA) is 106 Å². The number of aromatic nitrogens is 4. The summed E-state index contributed by atoms with van der Waals surface area (Å²) in [7, 11) is 3.21. The molecule has 1 amide bonds. The molecule has 0 fully saturated rings. The molecule has 28 heavy (non-hydrogen) atoms. The molecule has 0 aliphatic rings. The van der Waals surface area contributed by atoms with Crippen LogP contribution in [0.2, 0.25) is 0 Å². The van der Waals surface area contributed by atoms with E-state index in [-0.39, 0.29) is 11.8 Å². The molecule has 2 aromatic heterocycles. The van der Waals surface area contributed by atoms with E-state index < -0.39 is 0 Å². The van der Waals surface area contributed by atoms with Gasteiger partial charge in [-0.1, -0.05) is 0 Å². The molecule has 1 aromatic carbocycles. The standard InChI is InChI=1S/C19H23N7O2/c1-5-20-19-21-12(2)10-16(24-19)22-13-6-8-14(9-7-13)23-17(27)15-11-26(3)25-18(15)28-4/h6-11H,5H2,1-4H3,(H,23,27)(H2,20,21,22,24). The first-order valence-corrected chi connectivity index (χ1v) is 8.84. The molecule has 0 saturated heterocycles. The molecule has 0 radical (unpaired) electrons. The number of ether oxygens (including phenoxy) is 1. The van der Waals surface area contributed by atoms with Crippen molar-refractivity contribution in [1.29, 1.82) is 0 Å². The predicted molar refractivity (Wildman–Crippen MR) is 108 cm³/mol. The molecule has 0 aliphatic heterocycles. The van der Waals surface area contributed by atoms with Gasteiger partial charge < -0.3 is 20.7 Å². The number of anilines is 4. The van der Waals surface area contributed by atoms with Crippen LogP contribution in [-0.4, -0.2) is 39.3 Å². The van der Waals surface area contributed by atoms with Gasteiger partial charge in [-0.15, -0.1) is 5.10 Å². The highest BCUT2D eigenvalue weighted by atomic mass is 16.5. The lowest BCUT2D eigenvalue weighted by Crippen LogP contribution is -2.12. The lowest BCUT2D eigenvalue weighted by Gasteiger charge is -2.10. The third-order valence-electron chi connectivity index (χ3n) is 3.84. The van der Waals surface area contributed by atoms with Crippen molar-refractivity contribution < 1.29 is 9.53 Å². The van der Waals surface area contributed by atoms with E-state index >= 15 is 0 Å². The molecular formula is C19H23N7O2. The molecule has 9 nitrogen and oxygen atoms in total. The van der Waals surface area contributed by atoms with Gasteiger partial charge in [-0.25, -0.2) is 4.98 Å². The van der Waals surface area contributed by atoms with Crippen LogP contribution in [0.3, 0.4) is 0 Å². The average Bonchev–Trinajstić information content (AvgIpc) is 3.04. The maximum absolute atomic E-state index is 12.4. The second-order valence-electron chi connectivity index (χ2n) is 6.13. The fraction of sp³-hybridized carbons (Fsp3) is 0.263. The summed E-state index contributed by atoms with van der Waals surface area (Å²) in [5, 5.41) is 13.3. The molecule has 2 heterocycles. The molecule has 0 atom stereocenters. The Kier molecular flexibility index (Phi) is 5.73. The molecular weight excluding hydrogens is 358 g/mol. The van der Waals surface area contributed by atoms with Gasteiger partial charge in [-0.05, 0) is 38.1 Å². The SMILES string of the molecule is CCNc1nc(C)cc(Nc2ccc(NC(=O)c3cn(C)nc3OC)cc2)n1. The summed E-state index contributed by atoms with van der Waals surface area (Å²) in [6.07, 6.45) is 1.61. The zero-order valence-corrected chi connectivity index (χ0v) is 16.3. The number of methoxy groups -OCH3 is 1. The van der Waals surface area contributed by atoms with Crippen LogP contribution in [0.5, 0.6) is 5.88 Å². The molecule has 3 rings (SSSR count). The van der Waals surface area contributed by atoms with E-state index in [4.69, 9.17) is 4.74 Å². The largest absolute Gasteiger partial charge is 0.479 e. The third kappa shape index (κ3) is 4.56. The van der Waals surface area contributed by atoms with Gasteiger partial charge in [0.25, 0.3) is 5.91 Å². The summed E-state index contributed by atoms with van der Waals surface area (Å²) in [5.74, 6) is 1.28. The van der Waals surface area contributed by atoms with Crippen LogP contribution in [0.25, 0.3) is 0 Å². The fourth-order valence-electron chi connectivity index (χ4n) is 2.63. The van der Waals surface area contributed by atoms with Gasteiger partial charge in [0.1, 0.15) is 11.4 Å². The van der Waals surface area contributed by atoms with Gasteiger partial charge in [0.05, 0.1) is 7.11 Å². The number of benzene rings is 1. The number of hydrogen-bond donors (Lipinski definition) is 3. The number of nitrogens with one attached hydrogen (secondary N) is 3. The number of hydrogen-bond acceptors (Lipinski definition) is 7. The van der Waals surface area contributed by atoms with Crippen LogP contribution in [0.1, 0.15) is 23.0 Å². The maximum atomic E-state index is 12.4. The monoisotopic (exact) mass is 381 g/mol. The van der Waals surface area contributed by atoms with Crippen LogP contribution in [-0.2, 0) is 7.05 Å². The molecule has 3 N–H and O–H groups in total. The quantitative estimate of drug-likeness (QED) is 0.578. The van der Waals surface area contributed by atoms with Gasteiger partial charge in [-0.3, -0.25) is 9.48 Å². The molecule has 0 spiro atoms. The number of aryl methyl sites for hydroxylation is 2. The van der Waals surface area contributed by atoms with Crippen LogP contribution < -0.4 is 20.7 Å². The van der Waals surface area contributed by atoms with Crippen LogP contribution in [0, 0.1) is 6.92 Å². The molecule has 9 heteroatoms. The lowest BCUT2D eigenvalue weighted by molar-refractivity contribution is 0.102. The van der Waals surface area contributed by atoms with Crippen molar-refractivity contribution >= 4 is 29.0 Å². The van der Waals surface area contributed by atoms with E-state index in [1.807, 2.05) is 44.2 Å². The van der Waals surface area contributed by atoms with Crippen molar-refractivity contribution in [2.45, 2.75) is 13.8 Å². The first-order chi connectivity index (χ1) is 13.5. The molecule has 0 aliphatic carbocycles. The number of rotatable bonds is 7. The van der Waals surface area contributed by atoms with E-state index in [0.717, 1.165) is 17.9 Å². The minimum atomic E-state index is -0.285. The van der Waals surface area contributed by atoms with Crippen molar-refractivity contribution in [2.24, 2.45) is 7.05 Å². The highest BCUT2D eigenvalue weighted by Gasteiger charge is 2.16. The summed E-state index contributed by atoms with van der Waals surface area (Å²) >= 11 is 0. The van der Waals surface area contributed by atoms with Crippen LogP contribution in [0.4, 0.5) is 23.1 Å². The van der Waals surface area contributed by atoms with Gasteiger partial charge in [-0.2, -0.15) is 4.98 Å². The lowest BCUT2D eigenvalue weighted by atomic mass is 10.2. The van der Waals surface area contributed by atoms with E-state index in [0.29, 0.717) is 23.0 Å². The highest BCUT2D eigenvalue weighted by Crippen LogP contribution is 2.21. The number of carbonyl (C=O) groups is 1. The van der Waals surface area contributed by atoms with Gasteiger partial charge in [0.2, 0.25) is 11.8 Å². The Labute approximate surface area is 163 Å². The smallest absolute Gasteiger partial charge is 0.262 e. The van der Waals surface area contributed by atoms with Gasteiger partial charge in [0, 0.05) is 42.9 Å². The Balaban J connectivity index is 1.69. The summed E-state index contributed by atoms with van der Waals surface area (Å²) in [4.78, 5) is 21.2. The van der Waals surface area contributed by atoms with E-state index in [1.54, 1.807) is 13.2 Å². The summed E-state index contributed by atoms with van der Waals surface area (Å²) in [6.45, 7) is 4.66. The molecule has 0 bridgehead atoms. The van der Waals surface area contributed by atoms with Gasteiger partial charge >= 0.3 is 0 Å². The second kappa shape index (κ2) is 8.38. The molecule has 0 unspecified atom stereocenters. The van der Waals surface area contributed by atoms with Crippen molar-refractivity contribution in [2.75, 3.05) is 29.6 Å². The summed E-state index contributed by atoms with van der Waals surface area (Å²) in [6, 6.07) is 9.21. The average molecular weight is 381 g/mol. The van der Waals surface area contributed by atoms with Crippen molar-refractivity contribution in [3.05, 3.63) is 47.8 Å². The molecule has 146 valence electrons. The first kappa shape index (κ1) is 19.2. The Morgan fingerprint density at radius 1 is 1.18 bits per heavy atom. The number of nitrogens with zero attached hydrogens (tertiary/aromatic N) is 4. The summed E-state index contributed by atoms with van der Waals surface area (Å²) < 4.78 is 6.66. The van der Waals surface area contributed by atoms with Gasteiger partial charge in [0.15, 0.2) is 0 Å². The minimum Gasteiger partial charge on any atom is -0.479 e. The maximum Gasteiger partial charge on any atom is 0.262 e. The van der Waals surface area contributed by atoms with Crippen molar-refractivity contribution in [3.63, 3.8) is 0 Å². The predicted octanol–water partition coefficient (Wildman–Crippen LogP) is 2.95. The van der Waals surface area contributed by atoms with E-state index in [9.17, 15) is 4.79 Å². The zero-order chi connectivity index (χ0) is 20.1. The second-order valence-corrected chi connectivity index (χ2v) is 6.13. The van der Waals surface area contributed by atoms with Crippen LogP contribution >= 0.6 is 0 Å². The third-order valence-corrected chi connectivity index (χ3v) is 3.84. The Hall–Kier alpha value is -3.62.